The number of methoxy groups -OCH3 is 1. The van der Waals surface area contributed by atoms with Crippen LogP contribution in [0.5, 0.6) is 5.75 Å². The van der Waals surface area contributed by atoms with Crippen molar-refractivity contribution in [1.29, 1.82) is 0 Å². The number of carbonyl (C=O) groups is 2. The maximum Gasteiger partial charge on any atom is 0.240 e. The normalized spacial score (nSPS) is 11.7. The third kappa shape index (κ3) is 5.23. The monoisotopic (exact) mass is 388 g/mol. The van der Waals surface area contributed by atoms with E-state index in [1.54, 1.807) is 7.11 Å². The maximum atomic E-state index is 13.2. The third-order valence-electron chi connectivity index (χ3n) is 4.76. The van der Waals surface area contributed by atoms with Crippen molar-refractivity contribution in [2.75, 3.05) is 7.11 Å². The summed E-state index contributed by atoms with van der Waals surface area (Å²) in [5.74, 6) is -0.705. The van der Waals surface area contributed by atoms with E-state index in [1.807, 2.05) is 84.9 Å². The molecule has 148 valence electrons. The number of benzene rings is 3. The summed E-state index contributed by atoms with van der Waals surface area (Å²) in [6.45, 7) is 0. The Labute approximate surface area is 170 Å². The predicted molar refractivity (Wildman–Crippen MR) is 113 cm³/mol. The Bertz CT molecular complexity index is 919. The smallest absolute Gasteiger partial charge is 0.240 e. The number of hydrogen-bond donors (Lipinski definition) is 2. The summed E-state index contributed by atoms with van der Waals surface area (Å²) in [5, 5.41) is 2.85. The molecule has 5 heteroatoms. The fourth-order valence-corrected chi connectivity index (χ4v) is 3.30. The van der Waals surface area contributed by atoms with Crippen LogP contribution in [0.3, 0.4) is 0 Å². The molecule has 0 bridgehead atoms. The van der Waals surface area contributed by atoms with Crippen LogP contribution in [-0.2, 0) is 16.0 Å². The van der Waals surface area contributed by atoms with Crippen molar-refractivity contribution in [3.63, 3.8) is 0 Å². The summed E-state index contributed by atoms with van der Waals surface area (Å²) in [6.07, 6.45) is 0.286. The lowest BCUT2D eigenvalue weighted by atomic mass is 9.90. The molecular weight excluding hydrogens is 364 g/mol. The van der Waals surface area contributed by atoms with Gasteiger partial charge in [0.05, 0.1) is 13.0 Å². The minimum Gasteiger partial charge on any atom is -0.497 e. The summed E-state index contributed by atoms with van der Waals surface area (Å²) in [7, 11) is 1.58. The molecule has 3 aromatic carbocycles. The number of amides is 2. The molecule has 1 atom stereocenters. The molecule has 0 radical (unpaired) electrons. The van der Waals surface area contributed by atoms with Crippen LogP contribution in [0.1, 0.15) is 22.6 Å². The van der Waals surface area contributed by atoms with Crippen molar-refractivity contribution < 1.29 is 14.3 Å². The van der Waals surface area contributed by atoms with Crippen LogP contribution in [0.2, 0.25) is 0 Å². The second-order valence-electron chi connectivity index (χ2n) is 6.77. The second-order valence-corrected chi connectivity index (χ2v) is 6.77. The first-order valence-corrected chi connectivity index (χ1v) is 9.41. The van der Waals surface area contributed by atoms with Crippen LogP contribution in [-0.4, -0.2) is 25.0 Å². The molecule has 0 aliphatic heterocycles. The molecular formula is C24H24N2O3. The molecule has 3 aromatic rings. The highest BCUT2D eigenvalue weighted by Crippen LogP contribution is 2.25. The zero-order chi connectivity index (χ0) is 20.6. The molecule has 0 saturated carbocycles. The van der Waals surface area contributed by atoms with E-state index in [-0.39, 0.29) is 12.3 Å². The second kappa shape index (κ2) is 9.55. The highest BCUT2D eigenvalue weighted by molar-refractivity contribution is 5.92. The predicted octanol–water partition coefficient (Wildman–Crippen LogP) is 3.04. The van der Waals surface area contributed by atoms with Gasteiger partial charge in [0, 0.05) is 6.42 Å². The average Bonchev–Trinajstić information content (AvgIpc) is 2.75. The molecule has 0 aliphatic carbocycles. The molecule has 0 spiro atoms. The van der Waals surface area contributed by atoms with Gasteiger partial charge in [0.25, 0.3) is 0 Å². The minimum absolute atomic E-state index is 0.269. The number of rotatable bonds is 8. The largest absolute Gasteiger partial charge is 0.497 e. The van der Waals surface area contributed by atoms with Crippen LogP contribution in [0.15, 0.2) is 84.9 Å². The molecule has 2 amide bonds. The van der Waals surface area contributed by atoms with Crippen molar-refractivity contribution >= 4 is 11.8 Å². The zero-order valence-corrected chi connectivity index (χ0v) is 16.2. The van der Waals surface area contributed by atoms with Crippen molar-refractivity contribution in [3.05, 3.63) is 102 Å². The Morgan fingerprint density at radius 1 is 0.897 bits per heavy atom. The highest BCUT2D eigenvalue weighted by atomic mass is 16.5. The maximum absolute atomic E-state index is 13.2. The Balaban J connectivity index is 1.85. The summed E-state index contributed by atoms with van der Waals surface area (Å²) < 4.78 is 5.23. The van der Waals surface area contributed by atoms with E-state index in [4.69, 9.17) is 10.5 Å². The molecule has 3 rings (SSSR count). The first kappa shape index (κ1) is 20.1. The molecule has 0 fully saturated rings. The SMILES string of the molecule is COc1cccc(C[C@H](NC(=O)C(c2ccccc2)c2ccccc2)C(N)=O)c1. The Morgan fingerprint density at radius 2 is 1.48 bits per heavy atom. The van der Waals surface area contributed by atoms with Crippen LogP contribution in [0, 0.1) is 0 Å². The number of primary amides is 1. The van der Waals surface area contributed by atoms with Crippen molar-refractivity contribution in [2.24, 2.45) is 5.73 Å². The van der Waals surface area contributed by atoms with Gasteiger partial charge >= 0.3 is 0 Å². The fraction of sp³-hybridized carbons (Fsp3) is 0.167. The summed E-state index contributed by atoms with van der Waals surface area (Å²) >= 11 is 0. The number of nitrogens with two attached hydrogens (primary N) is 1. The van der Waals surface area contributed by atoms with Gasteiger partial charge in [-0.3, -0.25) is 9.59 Å². The van der Waals surface area contributed by atoms with E-state index >= 15 is 0 Å². The van der Waals surface area contributed by atoms with Gasteiger partial charge in [-0.1, -0.05) is 72.8 Å². The molecule has 3 N–H and O–H groups in total. The quantitative estimate of drug-likeness (QED) is 0.622. The molecule has 5 nitrogen and oxygen atoms in total. The van der Waals surface area contributed by atoms with Crippen molar-refractivity contribution in [3.8, 4) is 5.75 Å². The summed E-state index contributed by atoms with van der Waals surface area (Å²) in [6, 6.07) is 25.5. The lowest BCUT2D eigenvalue weighted by Crippen LogP contribution is -2.47. The van der Waals surface area contributed by atoms with Gasteiger partial charge < -0.3 is 15.8 Å². The van der Waals surface area contributed by atoms with Gasteiger partial charge in [-0.2, -0.15) is 0 Å². The Hall–Kier alpha value is -3.60. The van der Waals surface area contributed by atoms with Gasteiger partial charge in [-0.15, -0.1) is 0 Å². The van der Waals surface area contributed by atoms with Crippen molar-refractivity contribution in [2.45, 2.75) is 18.4 Å². The van der Waals surface area contributed by atoms with Crippen LogP contribution < -0.4 is 15.8 Å². The van der Waals surface area contributed by atoms with Crippen molar-refractivity contribution in [1.82, 2.24) is 5.32 Å². The lowest BCUT2D eigenvalue weighted by molar-refractivity contribution is -0.127. The minimum atomic E-state index is -0.829. The van der Waals surface area contributed by atoms with Crippen LogP contribution in [0.4, 0.5) is 0 Å². The fourth-order valence-electron chi connectivity index (χ4n) is 3.30. The summed E-state index contributed by atoms with van der Waals surface area (Å²) in [4.78, 5) is 25.3. The molecule has 0 aliphatic rings. The van der Waals surface area contributed by atoms with E-state index in [9.17, 15) is 9.59 Å². The molecule has 0 aromatic heterocycles. The van der Waals surface area contributed by atoms with Crippen LogP contribution >= 0.6 is 0 Å². The molecule has 0 unspecified atom stereocenters. The average molecular weight is 388 g/mol. The lowest BCUT2D eigenvalue weighted by Gasteiger charge is -2.22. The van der Waals surface area contributed by atoms with E-state index in [0.29, 0.717) is 5.75 Å². The van der Waals surface area contributed by atoms with Gasteiger partial charge in [0.15, 0.2) is 0 Å². The zero-order valence-electron chi connectivity index (χ0n) is 16.2. The highest BCUT2D eigenvalue weighted by Gasteiger charge is 2.27. The van der Waals surface area contributed by atoms with E-state index in [0.717, 1.165) is 16.7 Å². The van der Waals surface area contributed by atoms with E-state index < -0.39 is 17.9 Å². The van der Waals surface area contributed by atoms with E-state index in [1.165, 1.54) is 0 Å². The molecule has 29 heavy (non-hydrogen) atoms. The van der Waals surface area contributed by atoms with Gasteiger partial charge in [0.2, 0.25) is 11.8 Å². The number of carbonyl (C=O) groups excluding carboxylic acids is 2. The third-order valence-corrected chi connectivity index (χ3v) is 4.76. The topological polar surface area (TPSA) is 81.4 Å². The van der Waals surface area contributed by atoms with Gasteiger partial charge in [0.1, 0.15) is 11.8 Å². The Kier molecular flexibility index (Phi) is 6.63. The van der Waals surface area contributed by atoms with Crippen LogP contribution in [0.25, 0.3) is 0 Å². The first-order chi connectivity index (χ1) is 14.1. The van der Waals surface area contributed by atoms with Gasteiger partial charge in [-0.25, -0.2) is 0 Å². The first-order valence-electron chi connectivity index (χ1n) is 9.41. The number of hydrogen-bond acceptors (Lipinski definition) is 3. The summed E-state index contributed by atoms with van der Waals surface area (Å²) in [5.41, 5.74) is 8.14. The number of ether oxygens (including phenoxy) is 1. The Morgan fingerprint density at radius 3 is 2.00 bits per heavy atom. The van der Waals surface area contributed by atoms with Gasteiger partial charge in [-0.05, 0) is 28.8 Å². The molecule has 0 heterocycles. The molecule has 0 saturated heterocycles. The van der Waals surface area contributed by atoms with E-state index in [2.05, 4.69) is 5.32 Å². The number of nitrogens with one attached hydrogen (secondary N) is 1. The standard InChI is InChI=1S/C24H24N2O3/c1-29-20-14-8-9-17(15-20)16-21(23(25)27)26-24(28)22(18-10-4-2-5-11-18)19-12-6-3-7-13-19/h2-15,21-22H,16H2,1H3,(H2,25,27)(H,26,28)/t21-/m0/s1.